The highest BCUT2D eigenvalue weighted by Crippen LogP contribution is 2.33. The van der Waals surface area contributed by atoms with Crippen LogP contribution in [0.25, 0.3) is 0 Å². The van der Waals surface area contributed by atoms with Crippen molar-refractivity contribution in [2.24, 2.45) is 0 Å². The maximum atomic E-state index is 11.6. The Hall–Kier alpha value is -0.0900. The third-order valence-electron chi connectivity index (χ3n) is 2.44. The van der Waals surface area contributed by atoms with Crippen LogP contribution in [0.5, 0.6) is 0 Å². The quantitative estimate of drug-likeness (QED) is 0.651. The molecule has 0 bridgehead atoms. The van der Waals surface area contributed by atoms with Crippen molar-refractivity contribution in [3.63, 3.8) is 0 Å². The van der Waals surface area contributed by atoms with Crippen molar-refractivity contribution in [1.82, 2.24) is 4.31 Å². The lowest BCUT2D eigenvalue weighted by atomic mass is 10.2. The van der Waals surface area contributed by atoms with Gasteiger partial charge in [0.05, 0.1) is 5.25 Å². The fraction of sp³-hybridized carbons (Fsp3) is 0.875. The minimum atomic E-state index is -2.91. The summed E-state index contributed by atoms with van der Waals surface area (Å²) in [5.41, 5.74) is 0. The molecule has 0 aromatic rings. The van der Waals surface area contributed by atoms with E-state index in [0.717, 1.165) is 32.1 Å². The smallest absolute Gasteiger partial charge is 0.212 e. The monoisotopic (exact) mass is 188 g/mol. The molecule has 0 aromatic carbocycles. The second-order valence-electron chi connectivity index (χ2n) is 3.53. The predicted octanol–water partition coefficient (Wildman–Crippen LogP) is 1.13. The van der Waals surface area contributed by atoms with E-state index in [1.165, 1.54) is 0 Å². The number of piperidine rings is 1. The minimum Gasteiger partial charge on any atom is -0.212 e. The predicted molar refractivity (Wildman–Crippen MR) is 46.8 cm³/mol. The SMILES string of the molecule is O=S(=O)(C1CC1)N1[CH]CCCC1. The molecule has 0 spiro atoms. The first-order valence-electron chi connectivity index (χ1n) is 4.55. The Morgan fingerprint density at radius 2 is 2.00 bits per heavy atom. The van der Waals surface area contributed by atoms with E-state index in [2.05, 4.69) is 0 Å². The van der Waals surface area contributed by atoms with Crippen molar-refractivity contribution >= 4 is 10.0 Å². The standard InChI is InChI=1S/C8H14NO2S/c10-12(11,8-4-5-8)9-6-2-1-3-7-9/h6,8H,1-5,7H2. The van der Waals surface area contributed by atoms with E-state index < -0.39 is 10.0 Å². The molecule has 1 aliphatic carbocycles. The molecule has 69 valence electrons. The summed E-state index contributed by atoms with van der Waals surface area (Å²) in [7, 11) is -2.91. The molecule has 12 heavy (non-hydrogen) atoms. The van der Waals surface area contributed by atoms with Gasteiger partial charge in [-0.1, -0.05) is 6.42 Å². The van der Waals surface area contributed by atoms with Gasteiger partial charge in [0.1, 0.15) is 0 Å². The van der Waals surface area contributed by atoms with E-state index in [4.69, 9.17) is 0 Å². The van der Waals surface area contributed by atoms with Crippen LogP contribution in [-0.2, 0) is 10.0 Å². The molecular formula is C8H14NO2S. The summed E-state index contributed by atoms with van der Waals surface area (Å²) in [5.74, 6) is 0. The Balaban J connectivity index is 2.05. The molecule has 1 aliphatic heterocycles. The Bertz CT molecular complexity index is 250. The van der Waals surface area contributed by atoms with Crippen LogP contribution in [0.2, 0.25) is 0 Å². The van der Waals surface area contributed by atoms with Crippen LogP contribution in [-0.4, -0.2) is 24.5 Å². The average Bonchev–Trinajstić information content (AvgIpc) is 2.88. The van der Waals surface area contributed by atoms with Crippen LogP contribution in [0.15, 0.2) is 0 Å². The van der Waals surface area contributed by atoms with Crippen LogP contribution in [0.1, 0.15) is 32.1 Å². The van der Waals surface area contributed by atoms with E-state index in [1.54, 1.807) is 4.31 Å². The molecule has 1 radical (unpaired) electrons. The van der Waals surface area contributed by atoms with Gasteiger partial charge < -0.3 is 0 Å². The molecule has 2 fully saturated rings. The van der Waals surface area contributed by atoms with Gasteiger partial charge in [-0.15, -0.1) is 0 Å². The Labute approximate surface area is 73.8 Å². The van der Waals surface area contributed by atoms with Gasteiger partial charge in [0.25, 0.3) is 0 Å². The number of hydrogen-bond donors (Lipinski definition) is 0. The first-order valence-corrected chi connectivity index (χ1v) is 6.05. The lowest BCUT2D eigenvalue weighted by Gasteiger charge is -2.25. The van der Waals surface area contributed by atoms with E-state index in [9.17, 15) is 8.42 Å². The number of nitrogens with zero attached hydrogens (tertiary/aromatic N) is 1. The molecule has 2 rings (SSSR count). The number of rotatable bonds is 2. The largest absolute Gasteiger partial charge is 0.217 e. The van der Waals surface area contributed by atoms with Crippen molar-refractivity contribution in [3.8, 4) is 0 Å². The van der Waals surface area contributed by atoms with Gasteiger partial charge in [-0.2, -0.15) is 4.31 Å². The van der Waals surface area contributed by atoms with Gasteiger partial charge in [0, 0.05) is 13.1 Å². The Morgan fingerprint density at radius 3 is 2.50 bits per heavy atom. The summed E-state index contributed by atoms with van der Waals surface area (Å²) in [6.07, 6.45) is 4.81. The molecular weight excluding hydrogens is 174 g/mol. The van der Waals surface area contributed by atoms with E-state index >= 15 is 0 Å². The van der Waals surface area contributed by atoms with Crippen molar-refractivity contribution < 1.29 is 8.42 Å². The Kier molecular flexibility index (Phi) is 2.12. The van der Waals surface area contributed by atoms with Crippen molar-refractivity contribution in [2.45, 2.75) is 37.4 Å². The van der Waals surface area contributed by atoms with E-state index in [-0.39, 0.29) is 5.25 Å². The third-order valence-corrected chi connectivity index (χ3v) is 4.74. The molecule has 0 atom stereocenters. The van der Waals surface area contributed by atoms with Crippen LogP contribution in [0.3, 0.4) is 0 Å². The molecule has 3 nitrogen and oxygen atoms in total. The normalized spacial score (nSPS) is 27.3. The van der Waals surface area contributed by atoms with Crippen molar-refractivity contribution in [1.29, 1.82) is 0 Å². The molecule has 0 amide bonds. The van der Waals surface area contributed by atoms with Crippen molar-refractivity contribution in [2.75, 3.05) is 6.54 Å². The fourth-order valence-corrected chi connectivity index (χ4v) is 3.34. The second-order valence-corrected chi connectivity index (χ2v) is 5.70. The molecule has 1 saturated carbocycles. The molecule has 4 heteroatoms. The highest BCUT2D eigenvalue weighted by molar-refractivity contribution is 7.90. The van der Waals surface area contributed by atoms with Crippen molar-refractivity contribution in [3.05, 3.63) is 6.54 Å². The molecule has 0 N–H and O–H groups in total. The number of sulfonamides is 1. The highest BCUT2D eigenvalue weighted by Gasteiger charge is 2.40. The lowest BCUT2D eigenvalue weighted by Crippen LogP contribution is -2.34. The van der Waals surface area contributed by atoms with Crippen LogP contribution >= 0.6 is 0 Å². The molecule has 2 aliphatic rings. The summed E-state index contributed by atoms with van der Waals surface area (Å²) in [6, 6.07) is 0. The van der Waals surface area contributed by atoms with Gasteiger partial charge in [-0.05, 0) is 25.7 Å². The van der Waals surface area contributed by atoms with Gasteiger partial charge in [0.15, 0.2) is 0 Å². The molecule has 1 saturated heterocycles. The summed E-state index contributed by atoms with van der Waals surface area (Å²) in [5, 5.41) is -0.0492. The highest BCUT2D eigenvalue weighted by atomic mass is 32.2. The van der Waals surface area contributed by atoms with E-state index in [0.29, 0.717) is 6.54 Å². The molecule has 1 heterocycles. The minimum absolute atomic E-state index is 0.0492. The topological polar surface area (TPSA) is 37.4 Å². The zero-order valence-electron chi connectivity index (χ0n) is 7.07. The first kappa shape index (κ1) is 8.51. The van der Waals surface area contributed by atoms with Gasteiger partial charge in [-0.25, -0.2) is 8.42 Å². The van der Waals surface area contributed by atoms with Crippen LogP contribution in [0, 0.1) is 6.54 Å². The zero-order chi connectivity index (χ0) is 8.60. The summed E-state index contributed by atoms with van der Waals surface area (Å²) >= 11 is 0. The Morgan fingerprint density at radius 1 is 1.25 bits per heavy atom. The van der Waals surface area contributed by atoms with Crippen LogP contribution in [0.4, 0.5) is 0 Å². The van der Waals surface area contributed by atoms with Gasteiger partial charge in [-0.3, -0.25) is 0 Å². The van der Waals surface area contributed by atoms with Gasteiger partial charge in [0.2, 0.25) is 10.0 Å². The average molecular weight is 188 g/mol. The van der Waals surface area contributed by atoms with Crippen LogP contribution < -0.4 is 0 Å². The summed E-state index contributed by atoms with van der Waals surface area (Å²) < 4.78 is 24.8. The number of hydrogen-bond acceptors (Lipinski definition) is 2. The third kappa shape index (κ3) is 1.50. The maximum Gasteiger partial charge on any atom is 0.217 e. The summed E-state index contributed by atoms with van der Waals surface area (Å²) in [4.78, 5) is 0. The zero-order valence-corrected chi connectivity index (χ0v) is 7.89. The lowest BCUT2D eigenvalue weighted by molar-refractivity contribution is 0.400. The molecule has 0 aromatic heterocycles. The first-order chi connectivity index (χ1) is 5.71. The second kappa shape index (κ2) is 3.00. The summed E-state index contributed by atoms with van der Waals surface area (Å²) in [6.45, 7) is 2.55. The van der Waals surface area contributed by atoms with E-state index in [1.807, 2.05) is 6.54 Å². The molecule has 0 unspecified atom stereocenters. The van der Waals surface area contributed by atoms with Gasteiger partial charge >= 0.3 is 0 Å². The maximum absolute atomic E-state index is 11.6. The fourth-order valence-electron chi connectivity index (χ4n) is 1.53.